The number of aliphatic hydroxyl groups is 1. The van der Waals surface area contributed by atoms with Crippen LogP contribution in [0.2, 0.25) is 0 Å². The van der Waals surface area contributed by atoms with Crippen LogP contribution in [-0.4, -0.2) is 32.6 Å². The smallest absolute Gasteiger partial charge is 0.123 e. The molecule has 0 radical (unpaired) electrons. The molecule has 0 bridgehead atoms. The number of hydrogen-bond acceptors (Lipinski definition) is 3. The molecule has 0 unspecified atom stereocenters. The average Bonchev–Trinajstić information content (AvgIpc) is 3.13. The lowest BCUT2D eigenvalue weighted by Gasteiger charge is -2.38. The second kappa shape index (κ2) is 7.49. The predicted octanol–water partition coefficient (Wildman–Crippen LogP) is 4.01. The maximum atomic E-state index is 13.1. The largest absolute Gasteiger partial charge is 0.385 e. The van der Waals surface area contributed by atoms with Crippen LogP contribution in [-0.2, 0) is 12.1 Å². The highest BCUT2D eigenvalue weighted by atomic mass is 19.1. The Kier molecular flexibility index (Phi) is 5.09. The molecule has 0 amide bonds. The van der Waals surface area contributed by atoms with Gasteiger partial charge in [0.1, 0.15) is 5.82 Å². The Morgan fingerprint density at radius 3 is 2.46 bits per heavy atom. The molecule has 2 aliphatic rings. The molecule has 1 saturated carbocycles. The van der Waals surface area contributed by atoms with Crippen LogP contribution in [0.1, 0.15) is 62.2 Å². The van der Waals surface area contributed by atoms with Crippen LogP contribution in [0.4, 0.5) is 4.39 Å². The van der Waals surface area contributed by atoms with Gasteiger partial charge >= 0.3 is 0 Å². The Morgan fingerprint density at radius 1 is 1.08 bits per heavy atom. The van der Waals surface area contributed by atoms with Gasteiger partial charge in [0, 0.05) is 31.9 Å². The Bertz CT molecular complexity index is 713. The molecule has 1 N–H and O–H groups in total. The summed E-state index contributed by atoms with van der Waals surface area (Å²) in [6.07, 6.45) is 11.8. The van der Waals surface area contributed by atoms with Crippen molar-refractivity contribution >= 4 is 0 Å². The Morgan fingerprint density at radius 2 is 1.77 bits per heavy atom. The van der Waals surface area contributed by atoms with E-state index in [1.165, 1.54) is 49.9 Å². The molecule has 1 aliphatic heterocycles. The molecule has 2 fully saturated rings. The van der Waals surface area contributed by atoms with Crippen molar-refractivity contribution in [3.05, 3.63) is 53.9 Å². The number of likely N-dealkylation sites (tertiary alicyclic amines) is 1. The SMILES string of the molecule is OC1(c2ccc(F)cc2)CCN(Cc2cncn2C2CCCCC2)CC1. The average molecular weight is 357 g/mol. The molecule has 2 aromatic rings. The van der Waals surface area contributed by atoms with Gasteiger partial charge in [-0.05, 0) is 43.4 Å². The zero-order valence-electron chi connectivity index (χ0n) is 15.3. The first-order valence-electron chi connectivity index (χ1n) is 9.85. The third-order valence-electron chi connectivity index (χ3n) is 6.16. The summed E-state index contributed by atoms with van der Waals surface area (Å²) in [4.78, 5) is 6.80. The molecule has 1 aromatic heterocycles. The van der Waals surface area contributed by atoms with Gasteiger partial charge in [-0.25, -0.2) is 9.37 Å². The fraction of sp³-hybridized carbons (Fsp3) is 0.571. The Hall–Kier alpha value is -1.72. The van der Waals surface area contributed by atoms with Gasteiger partial charge in [0.05, 0.1) is 17.6 Å². The minimum absolute atomic E-state index is 0.259. The monoisotopic (exact) mass is 357 g/mol. The maximum Gasteiger partial charge on any atom is 0.123 e. The Balaban J connectivity index is 1.38. The third-order valence-corrected chi connectivity index (χ3v) is 6.16. The zero-order chi connectivity index (χ0) is 18.0. The lowest BCUT2D eigenvalue weighted by Crippen LogP contribution is -2.42. The van der Waals surface area contributed by atoms with Gasteiger partial charge in [-0.15, -0.1) is 0 Å². The highest BCUT2D eigenvalue weighted by Gasteiger charge is 2.34. The summed E-state index contributed by atoms with van der Waals surface area (Å²) in [5.41, 5.74) is 1.27. The molecule has 5 heteroatoms. The minimum Gasteiger partial charge on any atom is -0.385 e. The zero-order valence-corrected chi connectivity index (χ0v) is 15.3. The molecular formula is C21H28FN3O. The normalized spacial score (nSPS) is 21.8. The van der Waals surface area contributed by atoms with E-state index in [1.807, 2.05) is 12.5 Å². The van der Waals surface area contributed by atoms with Crippen molar-refractivity contribution in [2.45, 2.75) is 63.1 Å². The van der Waals surface area contributed by atoms with Gasteiger partial charge in [-0.2, -0.15) is 0 Å². The molecule has 1 saturated heterocycles. The van der Waals surface area contributed by atoms with E-state index in [0.29, 0.717) is 18.9 Å². The van der Waals surface area contributed by atoms with Crippen molar-refractivity contribution in [3.8, 4) is 0 Å². The summed E-state index contributed by atoms with van der Waals surface area (Å²) in [5.74, 6) is -0.259. The first-order valence-corrected chi connectivity index (χ1v) is 9.85. The van der Waals surface area contributed by atoms with E-state index in [4.69, 9.17) is 0 Å². The van der Waals surface area contributed by atoms with Gasteiger partial charge in [0.2, 0.25) is 0 Å². The summed E-state index contributed by atoms with van der Waals surface area (Å²) in [7, 11) is 0. The van der Waals surface area contributed by atoms with E-state index in [9.17, 15) is 9.50 Å². The number of halogens is 1. The van der Waals surface area contributed by atoms with E-state index in [-0.39, 0.29) is 5.82 Å². The second-order valence-electron chi connectivity index (χ2n) is 7.90. The number of nitrogens with zero attached hydrogens (tertiary/aromatic N) is 3. The van der Waals surface area contributed by atoms with Gasteiger partial charge in [0.15, 0.2) is 0 Å². The number of aromatic nitrogens is 2. The lowest BCUT2D eigenvalue weighted by atomic mass is 9.84. The minimum atomic E-state index is -0.839. The van der Waals surface area contributed by atoms with Gasteiger partial charge in [-0.1, -0.05) is 31.4 Å². The van der Waals surface area contributed by atoms with E-state index >= 15 is 0 Å². The van der Waals surface area contributed by atoms with Crippen molar-refractivity contribution in [1.82, 2.24) is 14.5 Å². The Labute approximate surface area is 154 Å². The van der Waals surface area contributed by atoms with Crippen molar-refractivity contribution < 1.29 is 9.50 Å². The molecule has 4 rings (SSSR count). The van der Waals surface area contributed by atoms with Crippen molar-refractivity contribution in [2.24, 2.45) is 0 Å². The fourth-order valence-corrected chi connectivity index (χ4v) is 4.50. The van der Waals surface area contributed by atoms with Crippen LogP contribution in [0, 0.1) is 5.82 Å². The number of benzene rings is 1. The van der Waals surface area contributed by atoms with Crippen LogP contribution >= 0.6 is 0 Å². The molecule has 1 aliphatic carbocycles. The summed E-state index contributed by atoms with van der Waals surface area (Å²) in [6, 6.07) is 6.89. The number of hydrogen-bond donors (Lipinski definition) is 1. The first-order chi connectivity index (χ1) is 12.6. The summed E-state index contributed by atoms with van der Waals surface area (Å²) < 4.78 is 15.5. The van der Waals surface area contributed by atoms with Crippen LogP contribution < -0.4 is 0 Å². The first kappa shape index (κ1) is 17.7. The lowest BCUT2D eigenvalue weighted by molar-refractivity contribution is -0.0282. The predicted molar refractivity (Wildman–Crippen MR) is 99.2 cm³/mol. The highest BCUT2D eigenvalue weighted by molar-refractivity contribution is 5.23. The topological polar surface area (TPSA) is 41.3 Å². The molecular weight excluding hydrogens is 329 g/mol. The summed E-state index contributed by atoms with van der Waals surface area (Å²) in [6.45, 7) is 2.56. The van der Waals surface area contributed by atoms with Gasteiger partial charge in [-0.3, -0.25) is 4.90 Å². The van der Waals surface area contributed by atoms with Gasteiger partial charge < -0.3 is 9.67 Å². The molecule has 2 heterocycles. The fourth-order valence-electron chi connectivity index (χ4n) is 4.50. The molecule has 4 nitrogen and oxygen atoms in total. The summed E-state index contributed by atoms with van der Waals surface area (Å²) in [5, 5.41) is 11.0. The van der Waals surface area contributed by atoms with Gasteiger partial charge in [0.25, 0.3) is 0 Å². The maximum absolute atomic E-state index is 13.1. The molecule has 140 valence electrons. The number of rotatable bonds is 4. The van der Waals surface area contributed by atoms with Crippen LogP contribution in [0.15, 0.2) is 36.8 Å². The molecule has 0 spiro atoms. The summed E-state index contributed by atoms with van der Waals surface area (Å²) >= 11 is 0. The van der Waals surface area contributed by atoms with E-state index in [2.05, 4.69) is 14.5 Å². The van der Waals surface area contributed by atoms with Crippen LogP contribution in [0.3, 0.4) is 0 Å². The second-order valence-corrected chi connectivity index (χ2v) is 7.90. The highest BCUT2D eigenvalue weighted by Crippen LogP contribution is 2.34. The number of piperidine rings is 1. The number of imidazole rings is 1. The van der Waals surface area contributed by atoms with Crippen LogP contribution in [0.25, 0.3) is 0 Å². The standard InChI is InChI=1S/C21H28FN3O/c22-18-8-6-17(7-9-18)21(26)10-12-24(13-11-21)15-20-14-23-16-25(20)19-4-2-1-3-5-19/h6-9,14,16,19,26H,1-5,10-13,15H2. The molecule has 0 atom stereocenters. The third kappa shape index (κ3) is 3.69. The van der Waals surface area contributed by atoms with Crippen molar-refractivity contribution in [1.29, 1.82) is 0 Å². The van der Waals surface area contributed by atoms with E-state index in [1.54, 1.807) is 12.1 Å². The van der Waals surface area contributed by atoms with Crippen LogP contribution in [0.5, 0.6) is 0 Å². The molecule has 26 heavy (non-hydrogen) atoms. The quantitative estimate of drug-likeness (QED) is 0.899. The van der Waals surface area contributed by atoms with E-state index < -0.39 is 5.60 Å². The van der Waals surface area contributed by atoms with Crippen molar-refractivity contribution in [2.75, 3.05) is 13.1 Å². The van der Waals surface area contributed by atoms with E-state index in [0.717, 1.165) is 25.2 Å². The molecule has 1 aromatic carbocycles. The van der Waals surface area contributed by atoms with Crippen molar-refractivity contribution in [3.63, 3.8) is 0 Å².